The predicted octanol–water partition coefficient (Wildman–Crippen LogP) is 10.2. The van der Waals surface area contributed by atoms with Crippen LogP contribution < -0.4 is 15.1 Å². The van der Waals surface area contributed by atoms with Crippen molar-refractivity contribution in [2.75, 3.05) is 56.3 Å². The normalized spacial score (nSPS) is 14.8. The van der Waals surface area contributed by atoms with Crippen LogP contribution in [0.1, 0.15) is 72.9 Å². The number of fused-ring (bicyclic) bond motifs is 2. The van der Waals surface area contributed by atoms with E-state index in [2.05, 4.69) is 57.3 Å². The molecule has 0 amide bonds. The number of anilines is 4. The number of rotatable bonds is 13. The molecule has 2 saturated heterocycles. The number of thiazole rings is 2. The van der Waals surface area contributed by atoms with Gasteiger partial charge in [0.1, 0.15) is 34.6 Å². The van der Waals surface area contributed by atoms with E-state index in [0.29, 0.717) is 44.7 Å². The summed E-state index contributed by atoms with van der Waals surface area (Å²) in [6.07, 6.45) is 11.2. The number of nitrogens with one attached hydrogen (secondary N) is 1. The predicted molar refractivity (Wildman–Crippen MR) is 273 cm³/mol. The van der Waals surface area contributed by atoms with Gasteiger partial charge in [0.05, 0.1) is 41.2 Å². The Morgan fingerprint density at radius 1 is 0.657 bits per heavy atom. The van der Waals surface area contributed by atoms with Gasteiger partial charge >= 0.3 is 0 Å². The van der Waals surface area contributed by atoms with Crippen molar-refractivity contribution in [3.63, 3.8) is 0 Å². The lowest BCUT2D eigenvalue weighted by atomic mass is 9.91. The van der Waals surface area contributed by atoms with Crippen molar-refractivity contribution in [2.45, 2.75) is 63.2 Å². The van der Waals surface area contributed by atoms with Gasteiger partial charge in [-0.1, -0.05) is 12.1 Å². The number of nitriles is 2. The Kier molecular flexibility index (Phi) is 14.6. The topological polar surface area (TPSA) is 164 Å². The first-order valence-corrected chi connectivity index (χ1v) is 26.8. The average molecular weight is 999 g/mol. The SMILES string of the molecule is CN(c1nc(-c2ccc(F)cc2)cs1)c1c(CCC#N)nc2ccc(C3CCN(S(C)(=O)=O)CC3)cn12.CN(c1nc(-c2ccc(F)cc2)cs1)c1c(CCC#N)nc2ccc(C3CCNCC3)cn12. The number of halogens is 2. The first kappa shape index (κ1) is 48.4. The highest BCUT2D eigenvalue weighted by Gasteiger charge is 2.28. The summed E-state index contributed by atoms with van der Waals surface area (Å²) in [6.45, 7) is 3.10. The molecule has 0 saturated carbocycles. The second-order valence-corrected chi connectivity index (χ2v) is 21.2. The highest BCUT2D eigenvalue weighted by Crippen LogP contribution is 2.38. The third-order valence-electron chi connectivity index (χ3n) is 13.0. The van der Waals surface area contributed by atoms with E-state index < -0.39 is 10.0 Å². The maximum atomic E-state index is 13.4. The van der Waals surface area contributed by atoms with Gasteiger partial charge in [0, 0.05) is 87.1 Å². The first-order chi connectivity index (χ1) is 33.9. The fraction of sp³-hybridized carbons (Fsp3) is 0.333. The monoisotopic (exact) mass is 998 g/mol. The fourth-order valence-electron chi connectivity index (χ4n) is 9.27. The molecule has 10 rings (SSSR count). The number of hydrogen-bond acceptors (Lipinski definition) is 13. The number of pyridine rings is 2. The molecule has 6 aromatic heterocycles. The zero-order valence-corrected chi connectivity index (χ0v) is 41.5. The summed E-state index contributed by atoms with van der Waals surface area (Å²) < 4.78 is 56.3. The lowest BCUT2D eigenvalue weighted by Gasteiger charge is -2.30. The van der Waals surface area contributed by atoms with E-state index in [-0.39, 0.29) is 17.6 Å². The van der Waals surface area contributed by atoms with Crippen molar-refractivity contribution in [3.8, 4) is 34.7 Å². The molecular formula is C51H52F2N12O2S3. The minimum atomic E-state index is -3.18. The molecular weight excluding hydrogens is 947 g/mol. The fourth-order valence-corrected chi connectivity index (χ4v) is 11.7. The van der Waals surface area contributed by atoms with Crippen LogP contribution in [0.25, 0.3) is 33.8 Å². The van der Waals surface area contributed by atoms with Gasteiger partial charge in [0.25, 0.3) is 0 Å². The lowest BCUT2D eigenvalue weighted by molar-refractivity contribution is 0.321. The molecule has 0 radical (unpaired) electrons. The van der Waals surface area contributed by atoms with Crippen LogP contribution in [0.2, 0.25) is 0 Å². The Morgan fingerprint density at radius 2 is 1.09 bits per heavy atom. The van der Waals surface area contributed by atoms with Gasteiger partial charge in [-0.05, 0) is 122 Å². The number of aryl methyl sites for hydroxylation is 2. The molecule has 2 aliphatic rings. The molecule has 0 bridgehead atoms. The number of piperidine rings is 2. The van der Waals surface area contributed by atoms with Gasteiger partial charge in [0.15, 0.2) is 10.3 Å². The summed E-state index contributed by atoms with van der Waals surface area (Å²) in [5.74, 6) is 2.02. The van der Waals surface area contributed by atoms with Crippen molar-refractivity contribution in [3.05, 3.63) is 130 Å². The average Bonchev–Trinajstić information content (AvgIpc) is 4.21. The minimum absolute atomic E-state index is 0.246. The van der Waals surface area contributed by atoms with Gasteiger partial charge in [-0.2, -0.15) is 10.5 Å². The molecule has 0 atom stereocenters. The molecule has 1 N–H and O–H groups in total. The quantitative estimate of drug-likeness (QED) is 0.117. The molecule has 8 heterocycles. The zero-order valence-electron chi connectivity index (χ0n) is 39.1. The third-order valence-corrected chi connectivity index (χ3v) is 16.1. The van der Waals surface area contributed by atoms with Gasteiger partial charge in [-0.3, -0.25) is 8.80 Å². The Bertz CT molecular complexity index is 3300. The van der Waals surface area contributed by atoms with Crippen molar-refractivity contribution in [1.82, 2.24) is 38.4 Å². The van der Waals surface area contributed by atoms with Crippen molar-refractivity contribution < 1.29 is 17.2 Å². The number of hydrogen-bond donors (Lipinski definition) is 1. The summed E-state index contributed by atoms with van der Waals surface area (Å²) in [5, 5.41) is 27.3. The van der Waals surface area contributed by atoms with Crippen LogP contribution in [-0.4, -0.2) is 88.0 Å². The summed E-state index contributed by atoms with van der Waals surface area (Å²) >= 11 is 3.02. The van der Waals surface area contributed by atoms with E-state index in [1.165, 1.54) is 58.8 Å². The van der Waals surface area contributed by atoms with Gasteiger partial charge in [-0.25, -0.2) is 41.4 Å². The second-order valence-electron chi connectivity index (χ2n) is 17.6. The number of benzene rings is 2. The second kappa shape index (κ2) is 21.2. The van der Waals surface area contributed by atoms with E-state index in [9.17, 15) is 27.7 Å². The highest BCUT2D eigenvalue weighted by molar-refractivity contribution is 7.88. The van der Waals surface area contributed by atoms with Crippen LogP contribution in [0.15, 0.2) is 96.0 Å². The van der Waals surface area contributed by atoms with Gasteiger partial charge in [0.2, 0.25) is 10.0 Å². The van der Waals surface area contributed by atoms with E-state index in [1.54, 1.807) is 28.6 Å². The largest absolute Gasteiger partial charge is 0.317 e. The van der Waals surface area contributed by atoms with Gasteiger partial charge in [-0.15, -0.1) is 22.7 Å². The van der Waals surface area contributed by atoms with E-state index in [4.69, 9.17) is 19.9 Å². The summed E-state index contributed by atoms with van der Waals surface area (Å²) in [6, 6.07) is 25.4. The highest BCUT2D eigenvalue weighted by atomic mass is 32.2. The minimum Gasteiger partial charge on any atom is -0.317 e. The summed E-state index contributed by atoms with van der Waals surface area (Å²) in [5.41, 5.74) is 9.08. The molecule has 0 spiro atoms. The maximum Gasteiger partial charge on any atom is 0.211 e. The van der Waals surface area contributed by atoms with Crippen molar-refractivity contribution in [1.29, 1.82) is 10.5 Å². The van der Waals surface area contributed by atoms with E-state index >= 15 is 0 Å². The Balaban J connectivity index is 0.000000175. The number of sulfonamides is 1. The molecule has 2 fully saturated rings. The molecule has 2 aliphatic heterocycles. The van der Waals surface area contributed by atoms with Crippen LogP contribution in [-0.2, 0) is 22.9 Å². The van der Waals surface area contributed by atoms with E-state index in [0.717, 1.165) is 111 Å². The van der Waals surface area contributed by atoms with Crippen LogP contribution in [0, 0.1) is 34.3 Å². The zero-order chi connectivity index (χ0) is 48.9. The molecule has 360 valence electrons. The van der Waals surface area contributed by atoms with Crippen LogP contribution in [0.5, 0.6) is 0 Å². The Hall–Kier alpha value is -6.61. The molecule has 0 aliphatic carbocycles. The summed E-state index contributed by atoms with van der Waals surface area (Å²) in [4.78, 5) is 23.3. The molecule has 2 aromatic carbocycles. The molecule has 19 heteroatoms. The van der Waals surface area contributed by atoms with Gasteiger partial charge < -0.3 is 15.1 Å². The van der Waals surface area contributed by atoms with Crippen LogP contribution >= 0.6 is 22.7 Å². The smallest absolute Gasteiger partial charge is 0.211 e. The van der Waals surface area contributed by atoms with Crippen LogP contribution in [0.4, 0.5) is 30.7 Å². The lowest BCUT2D eigenvalue weighted by Crippen LogP contribution is -2.37. The standard InChI is InChI=1S/C26H27FN6O2S2.C25H25FN6S/c1-31(26-30-23(17-36-26)19-5-8-21(27)9-6-19)25-22(4-3-13-28)29-24-10-7-20(16-33(24)25)18-11-14-32(15-12-18)37(2,34)35;1-31(25-30-22(16-33-25)18-4-7-20(26)8-5-18)24-21(3-2-12-27)29-23-9-6-19(15-32(23)24)17-10-13-28-14-11-17/h5-10,16-18H,3-4,11-12,14-15H2,1-2H3;4-9,15-17,28H,2-3,10-11,13-14H2,1H3. The van der Waals surface area contributed by atoms with Crippen molar-refractivity contribution >= 4 is 65.9 Å². The molecule has 0 unspecified atom stereocenters. The van der Waals surface area contributed by atoms with Crippen LogP contribution in [0.3, 0.4) is 0 Å². The number of imidazole rings is 2. The molecule has 8 aromatic rings. The molecule has 70 heavy (non-hydrogen) atoms. The maximum absolute atomic E-state index is 13.4. The van der Waals surface area contributed by atoms with Crippen molar-refractivity contribution in [2.24, 2.45) is 0 Å². The van der Waals surface area contributed by atoms with E-state index in [1.807, 2.05) is 40.2 Å². The Labute approximate surface area is 414 Å². The summed E-state index contributed by atoms with van der Waals surface area (Å²) in [7, 11) is 0.744. The number of nitrogens with zero attached hydrogens (tertiary/aromatic N) is 11. The third kappa shape index (κ3) is 10.6. The first-order valence-electron chi connectivity index (χ1n) is 23.2. The molecule has 14 nitrogen and oxygen atoms in total. The number of aromatic nitrogens is 6. The Morgan fingerprint density at radius 3 is 1.50 bits per heavy atom.